The molecule has 0 spiro atoms. The highest BCUT2D eigenvalue weighted by molar-refractivity contribution is 9.11. The van der Waals surface area contributed by atoms with Gasteiger partial charge in [-0.3, -0.25) is 4.79 Å². The van der Waals surface area contributed by atoms with E-state index in [0.29, 0.717) is 23.1 Å². The lowest BCUT2D eigenvalue weighted by atomic mass is 10.1. The van der Waals surface area contributed by atoms with Crippen LogP contribution < -0.4 is 0 Å². The number of benzene rings is 1. The summed E-state index contributed by atoms with van der Waals surface area (Å²) in [7, 11) is -1.64. The summed E-state index contributed by atoms with van der Waals surface area (Å²) in [6, 6.07) is 11.0. The van der Waals surface area contributed by atoms with Crippen molar-refractivity contribution < 1.29 is 17.6 Å². The van der Waals surface area contributed by atoms with Gasteiger partial charge in [0.15, 0.2) is 15.6 Å². The molecule has 1 aromatic carbocycles. The molecule has 0 aliphatic carbocycles. The van der Waals surface area contributed by atoms with E-state index >= 15 is 0 Å². The highest BCUT2D eigenvalue weighted by Gasteiger charge is 2.25. The summed E-state index contributed by atoms with van der Waals surface area (Å²) in [5, 5.41) is 0.656. The minimum Gasteiger partial charge on any atom is -0.451 e. The number of fused-ring (bicyclic) bond motifs is 1. The summed E-state index contributed by atoms with van der Waals surface area (Å²) in [5.74, 6) is -0.479. The Morgan fingerprint density at radius 2 is 1.96 bits per heavy atom. The van der Waals surface area contributed by atoms with Gasteiger partial charge in [0.1, 0.15) is 5.58 Å². The Hall–Kier alpha value is -1.64. The molecule has 0 radical (unpaired) electrons. The number of carbonyl (C=O) groups is 1. The van der Waals surface area contributed by atoms with Gasteiger partial charge in [-0.25, -0.2) is 8.42 Å². The molecule has 8 heteroatoms. The average Bonchev–Trinajstić information content (AvgIpc) is 3.09. The molecule has 0 saturated heterocycles. The first kappa shape index (κ1) is 18.2. The van der Waals surface area contributed by atoms with E-state index in [9.17, 15) is 13.2 Å². The fourth-order valence-corrected chi connectivity index (χ4v) is 4.94. The van der Waals surface area contributed by atoms with Gasteiger partial charge in [-0.2, -0.15) is 0 Å². The van der Waals surface area contributed by atoms with Crippen LogP contribution in [0.25, 0.3) is 11.0 Å². The summed E-state index contributed by atoms with van der Waals surface area (Å²) < 4.78 is 30.3. The topological polar surface area (TPSA) is 67.6 Å². The van der Waals surface area contributed by atoms with E-state index in [1.165, 1.54) is 4.90 Å². The van der Waals surface area contributed by atoms with Crippen molar-refractivity contribution in [3.05, 3.63) is 56.4 Å². The van der Waals surface area contributed by atoms with Crippen LogP contribution in [0.15, 0.2) is 44.6 Å². The lowest BCUT2D eigenvalue weighted by molar-refractivity contribution is 0.0756. The number of halogens is 1. The maximum atomic E-state index is 12.9. The zero-order valence-corrected chi connectivity index (χ0v) is 16.9. The molecule has 0 N–H and O–H groups in total. The fourth-order valence-electron chi connectivity index (χ4n) is 2.59. The molecule has 0 fully saturated rings. The Labute approximate surface area is 158 Å². The molecule has 25 heavy (non-hydrogen) atoms. The van der Waals surface area contributed by atoms with Gasteiger partial charge >= 0.3 is 0 Å². The highest BCUT2D eigenvalue weighted by atomic mass is 79.9. The minimum absolute atomic E-state index is 0.0877. The third-order valence-corrected chi connectivity index (χ3v) is 6.09. The SMILES string of the molecule is CN(Cc1ccc(Br)s1)C(=O)c1oc2ccccc2c1CS(C)(=O)=O. The van der Waals surface area contributed by atoms with E-state index in [0.717, 1.165) is 14.9 Å². The van der Waals surface area contributed by atoms with E-state index < -0.39 is 9.84 Å². The molecule has 1 amide bonds. The fraction of sp³-hybridized carbons (Fsp3) is 0.235. The minimum atomic E-state index is -3.31. The van der Waals surface area contributed by atoms with Crippen LogP contribution in [0.2, 0.25) is 0 Å². The number of furan rings is 1. The van der Waals surface area contributed by atoms with Gasteiger partial charge in [-0.05, 0) is 34.1 Å². The standard InChI is InChI=1S/C17H16BrNO4S2/c1-19(9-11-7-8-15(18)24-11)17(20)16-13(10-25(2,21)22)12-5-3-4-6-14(12)23-16/h3-8H,9-10H2,1-2H3. The van der Waals surface area contributed by atoms with Crippen molar-refractivity contribution in [3.8, 4) is 0 Å². The van der Waals surface area contributed by atoms with Gasteiger partial charge in [0.05, 0.1) is 16.1 Å². The number of para-hydroxylation sites is 1. The summed E-state index contributed by atoms with van der Waals surface area (Å²) in [4.78, 5) is 15.4. The van der Waals surface area contributed by atoms with Crippen molar-refractivity contribution in [1.29, 1.82) is 0 Å². The first-order valence-electron chi connectivity index (χ1n) is 7.42. The second-order valence-electron chi connectivity index (χ2n) is 5.84. The second-order valence-corrected chi connectivity index (χ2v) is 10.5. The molecule has 3 aromatic rings. The van der Waals surface area contributed by atoms with E-state index in [1.54, 1.807) is 42.6 Å². The van der Waals surface area contributed by atoms with Crippen LogP contribution in [0.5, 0.6) is 0 Å². The van der Waals surface area contributed by atoms with E-state index in [2.05, 4.69) is 15.9 Å². The average molecular weight is 442 g/mol. The van der Waals surface area contributed by atoms with Crippen LogP contribution in [0.4, 0.5) is 0 Å². The monoisotopic (exact) mass is 441 g/mol. The largest absolute Gasteiger partial charge is 0.451 e. The van der Waals surface area contributed by atoms with Crippen LogP contribution in [0.1, 0.15) is 21.0 Å². The Bertz CT molecular complexity index is 1040. The lowest BCUT2D eigenvalue weighted by Gasteiger charge is -2.15. The van der Waals surface area contributed by atoms with Crippen LogP contribution in [-0.2, 0) is 22.1 Å². The molecule has 0 atom stereocenters. The van der Waals surface area contributed by atoms with Crippen molar-refractivity contribution in [2.75, 3.05) is 13.3 Å². The van der Waals surface area contributed by atoms with Gasteiger partial charge < -0.3 is 9.32 Å². The summed E-state index contributed by atoms with van der Waals surface area (Å²) in [6.07, 6.45) is 1.15. The summed E-state index contributed by atoms with van der Waals surface area (Å²) in [5.41, 5.74) is 0.930. The number of rotatable bonds is 5. The molecular formula is C17H16BrNO4S2. The van der Waals surface area contributed by atoms with Crippen molar-refractivity contribution in [2.24, 2.45) is 0 Å². The number of hydrogen-bond acceptors (Lipinski definition) is 5. The van der Waals surface area contributed by atoms with Crippen molar-refractivity contribution >= 4 is 54.0 Å². The van der Waals surface area contributed by atoms with Crippen LogP contribution in [-0.4, -0.2) is 32.5 Å². The Balaban J connectivity index is 1.98. The smallest absolute Gasteiger partial charge is 0.290 e. The van der Waals surface area contributed by atoms with Gasteiger partial charge in [-0.15, -0.1) is 11.3 Å². The summed E-state index contributed by atoms with van der Waals surface area (Å²) in [6.45, 7) is 0.421. The number of sulfone groups is 1. The number of hydrogen-bond donors (Lipinski definition) is 0. The highest BCUT2D eigenvalue weighted by Crippen LogP contribution is 2.29. The van der Waals surface area contributed by atoms with Crippen molar-refractivity contribution in [3.63, 3.8) is 0 Å². The third-order valence-electron chi connectivity index (χ3n) is 3.67. The molecule has 0 bridgehead atoms. The number of thiophene rings is 1. The van der Waals surface area contributed by atoms with Crippen molar-refractivity contribution in [2.45, 2.75) is 12.3 Å². The molecular weight excluding hydrogens is 426 g/mol. The molecule has 0 saturated carbocycles. The number of carbonyl (C=O) groups excluding carboxylic acids is 1. The van der Waals surface area contributed by atoms with Gasteiger partial charge in [0.2, 0.25) is 0 Å². The normalized spacial score (nSPS) is 11.8. The van der Waals surface area contributed by atoms with Gasteiger partial charge in [0.25, 0.3) is 5.91 Å². The van der Waals surface area contributed by atoms with E-state index in [4.69, 9.17) is 4.42 Å². The molecule has 132 valence electrons. The predicted molar refractivity (Wildman–Crippen MR) is 103 cm³/mol. The maximum absolute atomic E-state index is 12.9. The molecule has 0 unspecified atom stereocenters. The molecule has 2 heterocycles. The van der Waals surface area contributed by atoms with Crippen LogP contribution in [0, 0.1) is 0 Å². The zero-order chi connectivity index (χ0) is 18.2. The van der Waals surface area contributed by atoms with Gasteiger partial charge in [0, 0.05) is 29.1 Å². The van der Waals surface area contributed by atoms with Gasteiger partial charge in [-0.1, -0.05) is 18.2 Å². The number of nitrogens with zero attached hydrogens (tertiary/aromatic N) is 1. The Morgan fingerprint density at radius 3 is 2.60 bits per heavy atom. The molecule has 2 aromatic heterocycles. The Kier molecular flexibility index (Phi) is 5.04. The van der Waals surface area contributed by atoms with E-state index in [-0.39, 0.29) is 17.4 Å². The Morgan fingerprint density at radius 1 is 1.24 bits per heavy atom. The molecule has 3 rings (SSSR count). The first-order chi connectivity index (χ1) is 11.7. The quantitative estimate of drug-likeness (QED) is 0.598. The number of amides is 1. The molecule has 0 aliphatic heterocycles. The lowest BCUT2D eigenvalue weighted by Crippen LogP contribution is -2.26. The predicted octanol–water partition coefficient (Wildman–Crippen LogP) is 4.07. The third kappa shape index (κ3) is 4.13. The molecule has 5 nitrogen and oxygen atoms in total. The maximum Gasteiger partial charge on any atom is 0.290 e. The summed E-state index contributed by atoms with van der Waals surface area (Å²) >= 11 is 4.95. The van der Waals surface area contributed by atoms with Crippen molar-refractivity contribution in [1.82, 2.24) is 4.90 Å². The molecule has 0 aliphatic rings. The first-order valence-corrected chi connectivity index (χ1v) is 11.1. The zero-order valence-electron chi connectivity index (χ0n) is 13.7. The van der Waals surface area contributed by atoms with E-state index in [1.807, 2.05) is 12.1 Å². The van der Waals surface area contributed by atoms with Crippen LogP contribution >= 0.6 is 27.3 Å². The van der Waals surface area contributed by atoms with Crippen LogP contribution in [0.3, 0.4) is 0 Å². The second kappa shape index (κ2) is 6.93.